The van der Waals surface area contributed by atoms with Crippen LogP contribution in [0.4, 0.5) is 0 Å². The third kappa shape index (κ3) is 7.21. The first kappa shape index (κ1) is 39.3. The zero-order chi connectivity index (χ0) is 36.1. The third-order valence-electron chi connectivity index (χ3n) is 15.1. The van der Waals surface area contributed by atoms with Crippen molar-refractivity contribution in [1.82, 2.24) is 0 Å². The molecule has 7 N–H and O–H groups in total. The number of aliphatic hydroxyl groups excluding tert-OH is 7. The molecule has 0 spiro atoms. The van der Waals surface area contributed by atoms with Gasteiger partial charge in [-0.3, -0.25) is 0 Å². The van der Waals surface area contributed by atoms with E-state index in [4.69, 9.17) is 18.9 Å². The lowest BCUT2D eigenvalue weighted by atomic mass is 9.44. The van der Waals surface area contributed by atoms with Gasteiger partial charge in [0.25, 0.3) is 0 Å². The van der Waals surface area contributed by atoms with Gasteiger partial charge in [-0.2, -0.15) is 0 Å². The zero-order valence-corrected chi connectivity index (χ0v) is 31.1. The Labute approximate surface area is 299 Å². The molecule has 11 nitrogen and oxygen atoms in total. The molecular weight excluding hydrogens is 644 g/mol. The molecule has 6 rings (SSSR count). The highest BCUT2D eigenvalue weighted by Gasteiger charge is 2.61. The number of fused-ring (bicyclic) bond motifs is 5. The standard InChI is InChI=1S/C39H68O11/c1-20(2)7-6-8-21(3)25-11-12-26-24-10-9-22-17-23(13-15-38(22,4)27(24)14-16-39(25,26)5)47-36-34(46)32(44)35(29(19-41)49-36)50-37-33(45)31(43)30(42)28(18-40)48-37/h20-37,40-46H,6-19H2,1-5H3/t21-,22+,23+,24+,25-,26+,27+,28-,29-,30-,31+,32-,33-,34-,35-,36-,37+,38+,39-/m1/s1. The normalized spacial score (nSPS) is 51.5. The van der Waals surface area contributed by atoms with Gasteiger partial charge in [-0.15, -0.1) is 0 Å². The van der Waals surface area contributed by atoms with Crippen molar-refractivity contribution in [3.63, 3.8) is 0 Å². The Kier molecular flexibility index (Phi) is 12.4. The number of rotatable bonds is 11. The van der Waals surface area contributed by atoms with Gasteiger partial charge < -0.3 is 54.7 Å². The molecule has 4 aliphatic carbocycles. The predicted octanol–water partition coefficient (Wildman–Crippen LogP) is 3.12. The summed E-state index contributed by atoms with van der Waals surface area (Å²) < 4.78 is 23.5. The highest BCUT2D eigenvalue weighted by atomic mass is 16.7. The van der Waals surface area contributed by atoms with Gasteiger partial charge in [0.1, 0.15) is 48.8 Å². The van der Waals surface area contributed by atoms with Gasteiger partial charge in [0, 0.05) is 0 Å². The lowest BCUT2D eigenvalue weighted by Crippen LogP contribution is -2.65. The molecule has 4 saturated carbocycles. The Morgan fingerprint density at radius 3 is 2.00 bits per heavy atom. The molecule has 0 unspecified atom stereocenters. The van der Waals surface area contributed by atoms with Gasteiger partial charge in [0.15, 0.2) is 12.6 Å². The molecule has 0 amide bonds. The molecular formula is C39H68O11. The summed E-state index contributed by atoms with van der Waals surface area (Å²) in [7, 11) is 0. The molecule has 0 aromatic rings. The van der Waals surface area contributed by atoms with E-state index in [-0.39, 0.29) is 11.5 Å². The van der Waals surface area contributed by atoms with Crippen molar-refractivity contribution in [1.29, 1.82) is 0 Å². The fourth-order valence-corrected chi connectivity index (χ4v) is 12.2. The van der Waals surface area contributed by atoms with E-state index in [1.807, 2.05) is 0 Å². The van der Waals surface area contributed by atoms with Gasteiger partial charge in [0.2, 0.25) is 0 Å². The number of ether oxygens (including phenoxy) is 4. The van der Waals surface area contributed by atoms with Crippen molar-refractivity contribution in [3.8, 4) is 0 Å². The fourth-order valence-electron chi connectivity index (χ4n) is 12.2. The SMILES string of the molecule is CC(C)CCC[C@@H](C)[C@H]1CC[C@H]2[C@@H]3CC[C@H]4C[C@@H](O[C@@H]5O[C@H](CO)[C@@H](O[C@@H]6O[C@H](CO)[C@@H](O)[C@H](O)[C@H]6O)[C@H](O)[C@H]5O)CC[C@]4(C)[C@H]3CC[C@]12C. The molecule has 6 fully saturated rings. The fraction of sp³-hybridized carbons (Fsp3) is 1.00. The van der Waals surface area contributed by atoms with Crippen LogP contribution in [0.3, 0.4) is 0 Å². The van der Waals surface area contributed by atoms with E-state index in [0.717, 1.165) is 54.8 Å². The Morgan fingerprint density at radius 1 is 0.660 bits per heavy atom. The summed E-state index contributed by atoms with van der Waals surface area (Å²) in [4.78, 5) is 0. The van der Waals surface area contributed by atoms with E-state index in [2.05, 4.69) is 34.6 Å². The molecule has 0 radical (unpaired) electrons. The molecule has 50 heavy (non-hydrogen) atoms. The topological polar surface area (TPSA) is 179 Å². The van der Waals surface area contributed by atoms with Gasteiger partial charge in [-0.1, -0.05) is 53.9 Å². The predicted molar refractivity (Wildman–Crippen MR) is 184 cm³/mol. The van der Waals surface area contributed by atoms with Crippen LogP contribution in [0.2, 0.25) is 0 Å². The quantitative estimate of drug-likeness (QED) is 0.157. The van der Waals surface area contributed by atoms with Gasteiger partial charge in [-0.05, 0) is 110 Å². The maximum atomic E-state index is 11.1. The Balaban J connectivity index is 1.05. The summed E-state index contributed by atoms with van der Waals surface area (Å²) in [5, 5.41) is 72.7. The van der Waals surface area contributed by atoms with Crippen LogP contribution in [-0.2, 0) is 18.9 Å². The Hall–Kier alpha value is -0.440. The minimum atomic E-state index is -1.70. The lowest BCUT2D eigenvalue weighted by Gasteiger charge is -2.61. The van der Waals surface area contributed by atoms with Crippen molar-refractivity contribution in [2.75, 3.05) is 13.2 Å². The first-order chi connectivity index (χ1) is 23.7. The monoisotopic (exact) mass is 712 g/mol. The smallest absolute Gasteiger partial charge is 0.187 e. The first-order valence-electron chi connectivity index (χ1n) is 20.0. The van der Waals surface area contributed by atoms with Crippen LogP contribution in [0.15, 0.2) is 0 Å². The summed E-state index contributed by atoms with van der Waals surface area (Å²) >= 11 is 0. The van der Waals surface area contributed by atoms with E-state index in [1.54, 1.807) is 0 Å². The lowest BCUT2D eigenvalue weighted by molar-refractivity contribution is -0.364. The first-order valence-corrected chi connectivity index (χ1v) is 20.0. The summed E-state index contributed by atoms with van der Waals surface area (Å²) in [6.45, 7) is 11.2. The maximum Gasteiger partial charge on any atom is 0.187 e. The minimum absolute atomic E-state index is 0.157. The Bertz CT molecular complexity index is 1110. The molecule has 0 aromatic heterocycles. The van der Waals surface area contributed by atoms with Crippen LogP contribution in [-0.4, -0.2) is 116 Å². The number of hydrogen-bond acceptors (Lipinski definition) is 11. The molecule has 290 valence electrons. The molecule has 0 aromatic carbocycles. The Morgan fingerprint density at radius 2 is 1.30 bits per heavy atom. The summed E-state index contributed by atoms with van der Waals surface area (Å²) in [5.41, 5.74) is 0.722. The molecule has 11 heteroatoms. The number of aliphatic hydroxyl groups is 7. The van der Waals surface area contributed by atoms with Crippen LogP contribution in [0.5, 0.6) is 0 Å². The molecule has 2 saturated heterocycles. The minimum Gasteiger partial charge on any atom is -0.394 e. The van der Waals surface area contributed by atoms with Crippen LogP contribution < -0.4 is 0 Å². The van der Waals surface area contributed by atoms with Crippen LogP contribution >= 0.6 is 0 Å². The van der Waals surface area contributed by atoms with Crippen molar-refractivity contribution in [3.05, 3.63) is 0 Å². The van der Waals surface area contributed by atoms with E-state index >= 15 is 0 Å². The summed E-state index contributed by atoms with van der Waals surface area (Å²) in [6.07, 6.45) is 0.133. The van der Waals surface area contributed by atoms with Gasteiger partial charge in [0.05, 0.1) is 19.3 Å². The molecule has 2 aliphatic heterocycles. The van der Waals surface area contributed by atoms with Crippen molar-refractivity contribution < 1.29 is 54.7 Å². The highest BCUT2D eigenvalue weighted by molar-refractivity contribution is 5.10. The van der Waals surface area contributed by atoms with E-state index in [0.29, 0.717) is 11.3 Å². The van der Waals surface area contributed by atoms with Gasteiger partial charge in [-0.25, -0.2) is 0 Å². The summed E-state index contributed by atoms with van der Waals surface area (Å²) in [5.74, 6) is 5.29. The molecule has 2 heterocycles. The van der Waals surface area contributed by atoms with Crippen molar-refractivity contribution in [2.45, 2.75) is 179 Å². The van der Waals surface area contributed by atoms with Crippen molar-refractivity contribution >= 4 is 0 Å². The average Bonchev–Trinajstić information content (AvgIpc) is 3.45. The average molecular weight is 713 g/mol. The molecule has 19 atom stereocenters. The number of hydrogen-bond donors (Lipinski definition) is 7. The second kappa shape index (κ2) is 15.7. The molecule has 6 aliphatic rings. The van der Waals surface area contributed by atoms with E-state index < -0.39 is 74.6 Å². The van der Waals surface area contributed by atoms with E-state index in [1.165, 1.54) is 57.8 Å². The third-order valence-corrected chi connectivity index (χ3v) is 15.1. The van der Waals surface area contributed by atoms with Crippen molar-refractivity contribution in [2.24, 2.45) is 52.3 Å². The van der Waals surface area contributed by atoms with Crippen LogP contribution in [0.25, 0.3) is 0 Å². The zero-order valence-electron chi connectivity index (χ0n) is 31.1. The van der Waals surface area contributed by atoms with Crippen LogP contribution in [0.1, 0.15) is 112 Å². The maximum absolute atomic E-state index is 11.1. The molecule has 0 bridgehead atoms. The van der Waals surface area contributed by atoms with E-state index in [9.17, 15) is 35.7 Å². The summed E-state index contributed by atoms with van der Waals surface area (Å²) in [6, 6.07) is 0. The highest BCUT2D eigenvalue weighted by Crippen LogP contribution is 2.68. The largest absolute Gasteiger partial charge is 0.394 e. The van der Waals surface area contributed by atoms with Gasteiger partial charge >= 0.3 is 0 Å². The van der Waals surface area contributed by atoms with Crippen LogP contribution in [0, 0.1) is 52.3 Å². The second-order valence-corrected chi connectivity index (χ2v) is 18.2. The second-order valence-electron chi connectivity index (χ2n) is 18.2.